The van der Waals surface area contributed by atoms with Gasteiger partial charge in [-0.3, -0.25) is 14.5 Å². The molecule has 2 aliphatic heterocycles. The smallest absolute Gasteiger partial charge is 0.325 e. The van der Waals surface area contributed by atoms with Crippen molar-refractivity contribution in [1.82, 2.24) is 19.4 Å². The van der Waals surface area contributed by atoms with Gasteiger partial charge in [0, 0.05) is 26.2 Å². The van der Waals surface area contributed by atoms with Crippen LogP contribution in [0, 0.1) is 5.92 Å². The molecule has 3 rings (SSSR count). The Morgan fingerprint density at radius 1 is 1.19 bits per heavy atom. The first-order valence-electron chi connectivity index (χ1n) is 9.02. The molecule has 1 saturated carbocycles. The number of nitrogens with zero attached hydrogens (tertiary/aromatic N) is 3. The fraction of sp³-hybridized carbons (Fsp3) is 0.812. The molecule has 146 valence electrons. The summed E-state index contributed by atoms with van der Waals surface area (Å²) in [6.07, 6.45) is 4.54. The van der Waals surface area contributed by atoms with E-state index in [1.807, 2.05) is 6.92 Å². The van der Waals surface area contributed by atoms with Gasteiger partial charge in [-0.15, -0.1) is 0 Å². The number of carbonyl (C=O) groups excluding carboxylic acids is 3. The first-order chi connectivity index (χ1) is 12.1. The summed E-state index contributed by atoms with van der Waals surface area (Å²) in [6, 6.07) is -0.508. The first-order valence-corrected chi connectivity index (χ1v) is 10.9. The summed E-state index contributed by atoms with van der Waals surface area (Å²) in [5.74, 6) is -0.592. The lowest BCUT2D eigenvalue weighted by atomic mass is 9.73. The largest absolute Gasteiger partial charge is 0.338 e. The highest BCUT2D eigenvalue weighted by Crippen LogP contribution is 2.38. The molecule has 1 aliphatic carbocycles. The SMILES string of the molecule is C[C@H]1CCCC[C@@]12NC(=O)N(CC(=O)N1CCN(S(C)(=O)=O)CC1)C2=O. The Balaban J connectivity index is 1.63. The van der Waals surface area contributed by atoms with Crippen LogP contribution in [-0.2, 0) is 19.6 Å². The lowest BCUT2D eigenvalue weighted by Gasteiger charge is -2.37. The van der Waals surface area contributed by atoms with Crippen molar-refractivity contribution in [3.05, 3.63) is 0 Å². The van der Waals surface area contributed by atoms with Crippen LogP contribution in [0.25, 0.3) is 0 Å². The van der Waals surface area contributed by atoms with Crippen LogP contribution in [0.5, 0.6) is 0 Å². The minimum Gasteiger partial charge on any atom is -0.338 e. The van der Waals surface area contributed by atoms with Gasteiger partial charge in [-0.25, -0.2) is 13.2 Å². The van der Waals surface area contributed by atoms with E-state index in [0.717, 1.165) is 30.4 Å². The Labute approximate surface area is 153 Å². The van der Waals surface area contributed by atoms with Crippen molar-refractivity contribution in [3.8, 4) is 0 Å². The molecule has 1 N–H and O–H groups in total. The van der Waals surface area contributed by atoms with Gasteiger partial charge in [-0.05, 0) is 18.8 Å². The number of hydrogen-bond donors (Lipinski definition) is 1. The molecule has 0 unspecified atom stereocenters. The standard InChI is InChI=1S/C16H26N4O5S/c1-12-5-3-4-6-16(12)14(22)20(15(23)17-16)11-13(21)18-7-9-19(10-8-18)26(2,24)25/h12H,3-11H2,1-2H3,(H,17,23)/t12-,16+/m0/s1. The average Bonchev–Trinajstić information content (AvgIpc) is 2.82. The highest BCUT2D eigenvalue weighted by atomic mass is 32.2. The molecule has 0 aromatic carbocycles. The van der Waals surface area contributed by atoms with Crippen LogP contribution in [0.3, 0.4) is 0 Å². The van der Waals surface area contributed by atoms with E-state index in [-0.39, 0.29) is 50.5 Å². The van der Waals surface area contributed by atoms with Crippen molar-refractivity contribution in [1.29, 1.82) is 0 Å². The second-order valence-electron chi connectivity index (χ2n) is 7.48. The van der Waals surface area contributed by atoms with Crippen molar-refractivity contribution in [3.63, 3.8) is 0 Å². The lowest BCUT2D eigenvalue weighted by Crippen LogP contribution is -2.55. The maximum atomic E-state index is 12.9. The van der Waals surface area contributed by atoms with E-state index in [2.05, 4.69) is 5.32 Å². The van der Waals surface area contributed by atoms with Crippen LogP contribution >= 0.6 is 0 Å². The summed E-state index contributed by atoms with van der Waals surface area (Å²) in [4.78, 5) is 40.3. The summed E-state index contributed by atoms with van der Waals surface area (Å²) in [5, 5.41) is 2.83. The molecule has 3 fully saturated rings. The molecule has 0 bridgehead atoms. The monoisotopic (exact) mass is 386 g/mol. The summed E-state index contributed by atoms with van der Waals surface area (Å²) < 4.78 is 24.4. The van der Waals surface area contributed by atoms with Gasteiger partial charge in [0.1, 0.15) is 12.1 Å². The maximum Gasteiger partial charge on any atom is 0.325 e. The van der Waals surface area contributed by atoms with Gasteiger partial charge in [0.05, 0.1) is 6.26 Å². The van der Waals surface area contributed by atoms with Gasteiger partial charge < -0.3 is 10.2 Å². The Kier molecular flexibility index (Phi) is 5.00. The van der Waals surface area contributed by atoms with Crippen molar-refractivity contribution in [2.24, 2.45) is 5.92 Å². The molecule has 1 spiro atoms. The second kappa shape index (κ2) is 6.80. The van der Waals surface area contributed by atoms with Crippen LogP contribution < -0.4 is 5.32 Å². The summed E-state index contributed by atoms with van der Waals surface area (Å²) in [6.45, 7) is 2.65. The molecule has 0 aromatic heterocycles. The van der Waals surface area contributed by atoms with E-state index in [4.69, 9.17) is 0 Å². The van der Waals surface area contributed by atoms with E-state index in [9.17, 15) is 22.8 Å². The molecule has 26 heavy (non-hydrogen) atoms. The van der Waals surface area contributed by atoms with E-state index >= 15 is 0 Å². The highest BCUT2D eigenvalue weighted by Gasteiger charge is 2.55. The minimum atomic E-state index is -3.27. The number of sulfonamides is 1. The predicted molar refractivity (Wildman–Crippen MR) is 93.6 cm³/mol. The fourth-order valence-electron chi connectivity index (χ4n) is 4.14. The van der Waals surface area contributed by atoms with Gasteiger partial charge >= 0.3 is 6.03 Å². The molecule has 2 saturated heterocycles. The Morgan fingerprint density at radius 2 is 1.85 bits per heavy atom. The number of urea groups is 1. The topological polar surface area (TPSA) is 107 Å². The zero-order valence-electron chi connectivity index (χ0n) is 15.2. The van der Waals surface area contributed by atoms with Crippen molar-refractivity contribution >= 4 is 27.9 Å². The zero-order chi connectivity index (χ0) is 19.1. The molecule has 3 aliphatic rings. The van der Waals surface area contributed by atoms with E-state index in [0.29, 0.717) is 6.42 Å². The minimum absolute atomic E-state index is 0.0473. The number of piperazine rings is 1. The molecule has 4 amide bonds. The van der Waals surface area contributed by atoms with E-state index in [1.54, 1.807) is 0 Å². The number of rotatable bonds is 3. The molecule has 2 heterocycles. The molecule has 2 atom stereocenters. The van der Waals surface area contributed by atoms with Crippen LogP contribution in [0.4, 0.5) is 4.79 Å². The second-order valence-corrected chi connectivity index (χ2v) is 9.46. The fourth-order valence-corrected chi connectivity index (χ4v) is 4.97. The van der Waals surface area contributed by atoms with Crippen molar-refractivity contribution in [2.45, 2.75) is 38.1 Å². The van der Waals surface area contributed by atoms with Gasteiger partial charge in [-0.1, -0.05) is 19.8 Å². The average molecular weight is 386 g/mol. The third kappa shape index (κ3) is 3.32. The molecule has 9 nitrogen and oxygen atoms in total. The Bertz CT molecular complexity index is 716. The third-order valence-electron chi connectivity index (χ3n) is 5.86. The van der Waals surface area contributed by atoms with Gasteiger partial charge in [-0.2, -0.15) is 4.31 Å². The number of hydrogen-bond acceptors (Lipinski definition) is 5. The molecular formula is C16H26N4O5S. The summed E-state index contributed by atoms with van der Waals surface area (Å²) in [7, 11) is -3.27. The quantitative estimate of drug-likeness (QED) is 0.664. The normalized spacial score (nSPS) is 30.8. The maximum absolute atomic E-state index is 12.9. The lowest BCUT2D eigenvalue weighted by molar-refractivity contribution is -0.141. The van der Waals surface area contributed by atoms with Crippen LogP contribution in [0.1, 0.15) is 32.6 Å². The number of carbonyl (C=O) groups is 3. The van der Waals surface area contributed by atoms with Crippen LogP contribution in [0.15, 0.2) is 0 Å². The number of nitrogens with one attached hydrogen (secondary N) is 1. The third-order valence-corrected chi connectivity index (χ3v) is 7.16. The van der Waals surface area contributed by atoms with Gasteiger partial charge in [0.25, 0.3) is 5.91 Å². The molecular weight excluding hydrogens is 360 g/mol. The number of amides is 4. The summed E-state index contributed by atoms with van der Waals surface area (Å²) >= 11 is 0. The first kappa shape index (κ1) is 19.1. The number of imide groups is 1. The van der Waals surface area contributed by atoms with Gasteiger partial charge in [0.2, 0.25) is 15.9 Å². The summed E-state index contributed by atoms with van der Waals surface area (Å²) in [5.41, 5.74) is -0.870. The van der Waals surface area contributed by atoms with E-state index < -0.39 is 21.6 Å². The van der Waals surface area contributed by atoms with E-state index in [1.165, 1.54) is 9.21 Å². The van der Waals surface area contributed by atoms with Crippen molar-refractivity contribution < 1.29 is 22.8 Å². The zero-order valence-corrected chi connectivity index (χ0v) is 16.0. The molecule has 10 heteroatoms. The van der Waals surface area contributed by atoms with Crippen LogP contribution in [0.2, 0.25) is 0 Å². The van der Waals surface area contributed by atoms with Crippen LogP contribution in [-0.4, -0.2) is 84.9 Å². The Hall–Kier alpha value is -1.68. The Morgan fingerprint density at radius 3 is 2.42 bits per heavy atom. The highest BCUT2D eigenvalue weighted by molar-refractivity contribution is 7.88. The predicted octanol–water partition coefficient (Wildman–Crippen LogP) is -0.409. The van der Waals surface area contributed by atoms with Crippen molar-refractivity contribution in [2.75, 3.05) is 39.0 Å². The molecule has 0 radical (unpaired) electrons. The molecule has 0 aromatic rings. The van der Waals surface area contributed by atoms with Gasteiger partial charge in [0.15, 0.2) is 0 Å².